The van der Waals surface area contributed by atoms with Crippen molar-refractivity contribution in [1.82, 2.24) is 5.32 Å². The van der Waals surface area contributed by atoms with E-state index >= 15 is 0 Å². The number of rotatable bonds is 5. The van der Waals surface area contributed by atoms with E-state index in [4.69, 9.17) is 10.2 Å². The second-order valence-corrected chi connectivity index (χ2v) is 4.94. The minimum atomic E-state index is -0.171. The fourth-order valence-electron chi connectivity index (χ4n) is 1.87. The van der Waals surface area contributed by atoms with Crippen molar-refractivity contribution in [3.05, 3.63) is 36.1 Å². The number of para-hydroxylation sites is 1. The number of benzene rings is 1. The molecule has 0 spiro atoms. The van der Waals surface area contributed by atoms with E-state index in [0.29, 0.717) is 13.0 Å². The molecule has 1 aromatic heterocycles. The molecule has 110 valence electrons. The number of furan rings is 1. The van der Waals surface area contributed by atoms with E-state index in [-0.39, 0.29) is 30.3 Å². The molecule has 1 heterocycles. The molecule has 0 radical (unpaired) electrons. The quantitative estimate of drug-likeness (QED) is 0.891. The van der Waals surface area contributed by atoms with Gasteiger partial charge in [-0.3, -0.25) is 4.79 Å². The summed E-state index contributed by atoms with van der Waals surface area (Å²) in [7, 11) is 0. The third kappa shape index (κ3) is 3.99. The molecular formula is C15H21ClN2O2. The zero-order chi connectivity index (χ0) is 13.8. The smallest absolute Gasteiger partial charge is 0.224 e. The highest BCUT2D eigenvalue weighted by Gasteiger charge is 2.16. The van der Waals surface area contributed by atoms with Gasteiger partial charge in [0.2, 0.25) is 5.91 Å². The number of carbonyl (C=O) groups is 1. The lowest BCUT2D eigenvalue weighted by atomic mass is 10.0. The lowest BCUT2D eigenvalue weighted by Crippen LogP contribution is -2.39. The van der Waals surface area contributed by atoms with Crippen LogP contribution >= 0.6 is 12.4 Å². The van der Waals surface area contributed by atoms with Gasteiger partial charge in [0.1, 0.15) is 11.3 Å². The van der Waals surface area contributed by atoms with Gasteiger partial charge in [0.15, 0.2) is 0 Å². The molecule has 0 saturated carbocycles. The SMILES string of the molecule is CC(N)C(C)C(=O)NCCc1cc2ccccc2o1.Cl. The predicted octanol–water partition coefficient (Wildman–Crippen LogP) is 2.50. The van der Waals surface area contributed by atoms with Crippen molar-refractivity contribution in [2.24, 2.45) is 11.7 Å². The van der Waals surface area contributed by atoms with Crippen molar-refractivity contribution in [1.29, 1.82) is 0 Å². The molecule has 2 unspecified atom stereocenters. The minimum Gasteiger partial charge on any atom is -0.461 e. The highest BCUT2D eigenvalue weighted by Crippen LogP contribution is 2.18. The van der Waals surface area contributed by atoms with Crippen molar-refractivity contribution in [3.8, 4) is 0 Å². The van der Waals surface area contributed by atoms with E-state index in [9.17, 15) is 4.79 Å². The largest absolute Gasteiger partial charge is 0.461 e. The first-order valence-corrected chi connectivity index (χ1v) is 6.58. The van der Waals surface area contributed by atoms with Gasteiger partial charge in [0.05, 0.1) is 0 Å². The van der Waals surface area contributed by atoms with E-state index in [0.717, 1.165) is 16.7 Å². The second-order valence-electron chi connectivity index (χ2n) is 4.94. The van der Waals surface area contributed by atoms with Crippen molar-refractivity contribution >= 4 is 29.3 Å². The first-order valence-electron chi connectivity index (χ1n) is 6.58. The Balaban J connectivity index is 0.00000200. The molecule has 1 aromatic carbocycles. The average Bonchev–Trinajstić information content (AvgIpc) is 2.80. The number of halogens is 1. The second kappa shape index (κ2) is 7.31. The third-order valence-corrected chi connectivity index (χ3v) is 3.35. The van der Waals surface area contributed by atoms with Gasteiger partial charge in [-0.25, -0.2) is 0 Å². The Labute approximate surface area is 125 Å². The molecule has 1 amide bonds. The Bertz CT molecular complexity index is 533. The van der Waals surface area contributed by atoms with Crippen LogP contribution in [0.5, 0.6) is 0 Å². The number of carbonyl (C=O) groups excluding carboxylic acids is 1. The van der Waals surface area contributed by atoms with E-state index in [2.05, 4.69) is 5.32 Å². The van der Waals surface area contributed by atoms with Crippen LogP contribution in [0.1, 0.15) is 19.6 Å². The highest BCUT2D eigenvalue weighted by molar-refractivity contribution is 5.85. The van der Waals surface area contributed by atoms with E-state index in [1.165, 1.54) is 0 Å². The maximum Gasteiger partial charge on any atom is 0.224 e. The van der Waals surface area contributed by atoms with Gasteiger partial charge in [0.25, 0.3) is 0 Å². The minimum absolute atomic E-state index is 0. The Morgan fingerprint density at radius 3 is 2.70 bits per heavy atom. The molecule has 0 aliphatic carbocycles. The highest BCUT2D eigenvalue weighted by atomic mass is 35.5. The first kappa shape index (κ1) is 16.5. The van der Waals surface area contributed by atoms with Crippen molar-refractivity contribution in [2.45, 2.75) is 26.3 Å². The molecule has 3 N–H and O–H groups in total. The Morgan fingerprint density at radius 2 is 2.05 bits per heavy atom. The average molecular weight is 297 g/mol. The molecule has 2 atom stereocenters. The fraction of sp³-hybridized carbons (Fsp3) is 0.400. The zero-order valence-corrected chi connectivity index (χ0v) is 12.6. The topological polar surface area (TPSA) is 68.3 Å². The maximum absolute atomic E-state index is 11.7. The third-order valence-electron chi connectivity index (χ3n) is 3.35. The number of hydrogen-bond donors (Lipinski definition) is 2. The summed E-state index contributed by atoms with van der Waals surface area (Å²) in [4.78, 5) is 11.7. The molecule has 0 aliphatic heterocycles. The Kier molecular flexibility index (Phi) is 6.05. The van der Waals surface area contributed by atoms with Crippen LogP contribution in [0.2, 0.25) is 0 Å². The van der Waals surface area contributed by atoms with Crippen LogP contribution < -0.4 is 11.1 Å². The summed E-state index contributed by atoms with van der Waals surface area (Å²) < 4.78 is 5.68. The van der Waals surface area contributed by atoms with Crippen LogP contribution in [0.15, 0.2) is 34.7 Å². The van der Waals surface area contributed by atoms with Crippen molar-refractivity contribution < 1.29 is 9.21 Å². The summed E-state index contributed by atoms with van der Waals surface area (Å²) in [6.07, 6.45) is 0.687. The van der Waals surface area contributed by atoms with E-state index in [1.54, 1.807) is 0 Å². The Hall–Kier alpha value is -1.52. The van der Waals surface area contributed by atoms with Crippen LogP contribution in [0.3, 0.4) is 0 Å². The zero-order valence-electron chi connectivity index (χ0n) is 11.8. The summed E-state index contributed by atoms with van der Waals surface area (Å²) in [6, 6.07) is 9.76. The summed E-state index contributed by atoms with van der Waals surface area (Å²) in [6.45, 7) is 4.24. The molecule has 4 nitrogen and oxygen atoms in total. The molecular weight excluding hydrogens is 276 g/mol. The fourth-order valence-corrected chi connectivity index (χ4v) is 1.87. The van der Waals surface area contributed by atoms with Gasteiger partial charge in [-0.15, -0.1) is 12.4 Å². The number of amides is 1. The van der Waals surface area contributed by atoms with Gasteiger partial charge in [-0.2, -0.15) is 0 Å². The van der Waals surface area contributed by atoms with Crippen LogP contribution in [-0.2, 0) is 11.2 Å². The monoisotopic (exact) mass is 296 g/mol. The van der Waals surface area contributed by atoms with Crippen LogP contribution in [-0.4, -0.2) is 18.5 Å². The van der Waals surface area contributed by atoms with Crippen LogP contribution in [0, 0.1) is 5.92 Å². The lowest BCUT2D eigenvalue weighted by molar-refractivity contribution is -0.124. The lowest BCUT2D eigenvalue weighted by Gasteiger charge is -2.14. The normalized spacial score (nSPS) is 13.6. The van der Waals surface area contributed by atoms with E-state index in [1.807, 2.05) is 44.2 Å². The summed E-state index contributed by atoms with van der Waals surface area (Å²) in [5.41, 5.74) is 6.57. The Morgan fingerprint density at radius 1 is 1.35 bits per heavy atom. The molecule has 2 rings (SSSR count). The number of nitrogens with two attached hydrogens (primary N) is 1. The number of fused-ring (bicyclic) bond motifs is 1. The number of nitrogens with one attached hydrogen (secondary N) is 1. The molecule has 2 aromatic rings. The van der Waals surface area contributed by atoms with Gasteiger partial charge in [-0.1, -0.05) is 25.1 Å². The van der Waals surface area contributed by atoms with Gasteiger partial charge in [-0.05, 0) is 19.1 Å². The van der Waals surface area contributed by atoms with Gasteiger partial charge in [0, 0.05) is 30.3 Å². The molecule has 0 saturated heterocycles. The summed E-state index contributed by atoms with van der Waals surface area (Å²) >= 11 is 0. The molecule has 0 fully saturated rings. The summed E-state index contributed by atoms with van der Waals surface area (Å²) in [5.74, 6) is 0.705. The molecule has 5 heteroatoms. The molecule has 0 aliphatic rings. The van der Waals surface area contributed by atoms with Gasteiger partial charge >= 0.3 is 0 Å². The van der Waals surface area contributed by atoms with Crippen molar-refractivity contribution in [2.75, 3.05) is 6.54 Å². The van der Waals surface area contributed by atoms with Crippen LogP contribution in [0.25, 0.3) is 11.0 Å². The molecule has 0 bridgehead atoms. The standard InChI is InChI=1S/C15H20N2O2.ClH/c1-10(11(2)16)15(18)17-8-7-13-9-12-5-3-4-6-14(12)19-13;/h3-6,9-11H,7-8,16H2,1-2H3,(H,17,18);1H. The summed E-state index contributed by atoms with van der Waals surface area (Å²) in [5, 5.41) is 3.97. The maximum atomic E-state index is 11.7. The van der Waals surface area contributed by atoms with Crippen molar-refractivity contribution in [3.63, 3.8) is 0 Å². The van der Waals surface area contributed by atoms with E-state index < -0.39 is 0 Å². The van der Waals surface area contributed by atoms with Crippen LogP contribution in [0.4, 0.5) is 0 Å². The molecule has 20 heavy (non-hydrogen) atoms. The number of hydrogen-bond acceptors (Lipinski definition) is 3. The predicted molar refractivity (Wildman–Crippen MR) is 83.0 cm³/mol. The first-order chi connectivity index (χ1) is 9.08. The van der Waals surface area contributed by atoms with Gasteiger partial charge < -0.3 is 15.5 Å².